The number of likely N-dealkylation sites (tertiary alicyclic amines) is 1. The molecule has 0 saturated carbocycles. The highest BCUT2D eigenvalue weighted by Crippen LogP contribution is 2.30. The van der Waals surface area contributed by atoms with E-state index in [1.54, 1.807) is 35.3 Å². The molecule has 2 atom stereocenters. The number of nitrogens with zero attached hydrogens (tertiary/aromatic N) is 1. The van der Waals surface area contributed by atoms with Gasteiger partial charge in [0.1, 0.15) is 5.78 Å². The molecule has 2 aliphatic rings. The van der Waals surface area contributed by atoms with Crippen molar-refractivity contribution in [3.05, 3.63) is 52.6 Å². The summed E-state index contributed by atoms with van der Waals surface area (Å²) in [5.74, 6) is -0.280. The van der Waals surface area contributed by atoms with Crippen LogP contribution in [0.5, 0.6) is 0 Å². The van der Waals surface area contributed by atoms with Crippen molar-refractivity contribution in [1.82, 2.24) is 4.90 Å². The summed E-state index contributed by atoms with van der Waals surface area (Å²) in [7, 11) is 0. The Kier molecular flexibility index (Phi) is 4.26. The first kappa shape index (κ1) is 15.8. The van der Waals surface area contributed by atoms with Gasteiger partial charge in [0.2, 0.25) is 0 Å². The number of halogens is 1. The highest BCUT2D eigenvalue weighted by Gasteiger charge is 2.36. The first-order chi connectivity index (χ1) is 11.0. The van der Waals surface area contributed by atoms with Crippen LogP contribution >= 0.6 is 11.6 Å². The number of hydrogen-bond acceptors (Lipinski definition) is 3. The molecule has 1 aliphatic heterocycles. The zero-order chi connectivity index (χ0) is 16.6. The largest absolute Gasteiger partial charge is 0.399 e. The van der Waals surface area contributed by atoms with E-state index in [0.717, 1.165) is 5.56 Å². The van der Waals surface area contributed by atoms with Crippen molar-refractivity contribution in [3.8, 4) is 0 Å². The van der Waals surface area contributed by atoms with E-state index in [9.17, 15) is 9.59 Å². The Bertz CT molecular complexity index is 724. The fraction of sp³-hybridized carbons (Fsp3) is 0.333. The van der Waals surface area contributed by atoms with Crippen LogP contribution < -0.4 is 5.73 Å². The van der Waals surface area contributed by atoms with Gasteiger partial charge in [0.15, 0.2) is 0 Å². The average molecular weight is 331 g/mol. The highest BCUT2D eigenvalue weighted by molar-refractivity contribution is 6.31. The van der Waals surface area contributed by atoms with E-state index in [2.05, 4.69) is 0 Å². The maximum atomic E-state index is 13.0. The lowest BCUT2D eigenvalue weighted by Gasteiger charge is -2.33. The summed E-state index contributed by atoms with van der Waals surface area (Å²) < 4.78 is 0. The summed E-state index contributed by atoms with van der Waals surface area (Å²) in [5, 5.41) is 0.553. The monoisotopic (exact) mass is 330 g/mol. The predicted octanol–water partition coefficient (Wildman–Crippen LogP) is 3.06. The van der Waals surface area contributed by atoms with E-state index in [1.165, 1.54) is 0 Å². The number of amides is 1. The maximum Gasteiger partial charge on any atom is 0.254 e. The van der Waals surface area contributed by atoms with Crippen molar-refractivity contribution >= 4 is 29.0 Å². The van der Waals surface area contributed by atoms with Gasteiger partial charge in [0, 0.05) is 29.2 Å². The van der Waals surface area contributed by atoms with Crippen molar-refractivity contribution in [3.63, 3.8) is 0 Å². The van der Waals surface area contributed by atoms with Crippen LogP contribution in [0.15, 0.2) is 41.5 Å². The standard InChI is InChI=1S/C18H19ClN2O2/c1-11-9-13(20)5-6-14(11)18(23)21-8-2-3-17(22)15-10-12(19)4-7-16(15)21/h4-7,9-10,15-16H,2-3,8,20H2,1H3. The molecule has 1 aromatic carbocycles. The van der Waals surface area contributed by atoms with Crippen LogP contribution in [-0.2, 0) is 4.79 Å². The van der Waals surface area contributed by atoms with Gasteiger partial charge in [-0.05, 0) is 43.2 Å². The Balaban J connectivity index is 1.96. The first-order valence-corrected chi connectivity index (χ1v) is 8.10. The van der Waals surface area contributed by atoms with Crippen LogP contribution in [0.2, 0.25) is 0 Å². The molecule has 0 radical (unpaired) electrons. The molecular formula is C18H19ClN2O2. The maximum absolute atomic E-state index is 13.0. The zero-order valence-electron chi connectivity index (χ0n) is 13.0. The van der Waals surface area contributed by atoms with Crippen molar-refractivity contribution < 1.29 is 9.59 Å². The Morgan fingerprint density at radius 3 is 2.91 bits per heavy atom. The summed E-state index contributed by atoms with van der Waals surface area (Å²) in [5.41, 5.74) is 7.87. The van der Waals surface area contributed by atoms with Gasteiger partial charge in [-0.3, -0.25) is 9.59 Å². The van der Waals surface area contributed by atoms with Crippen LogP contribution in [0.1, 0.15) is 28.8 Å². The summed E-state index contributed by atoms with van der Waals surface area (Å²) in [6, 6.07) is 5.01. The van der Waals surface area contributed by atoms with Crippen LogP contribution in [0.4, 0.5) is 5.69 Å². The van der Waals surface area contributed by atoms with Crippen molar-refractivity contribution in [2.24, 2.45) is 5.92 Å². The number of carbonyl (C=O) groups excluding carboxylic acids is 2. The molecule has 0 aromatic heterocycles. The van der Waals surface area contributed by atoms with E-state index >= 15 is 0 Å². The first-order valence-electron chi connectivity index (χ1n) is 7.72. The van der Waals surface area contributed by atoms with E-state index in [1.807, 2.05) is 13.0 Å². The van der Waals surface area contributed by atoms with Crippen LogP contribution in [0.25, 0.3) is 0 Å². The van der Waals surface area contributed by atoms with Gasteiger partial charge in [-0.1, -0.05) is 23.8 Å². The lowest BCUT2D eigenvalue weighted by atomic mass is 9.89. The molecule has 5 heteroatoms. The second-order valence-electron chi connectivity index (χ2n) is 6.07. The minimum Gasteiger partial charge on any atom is -0.399 e. The smallest absolute Gasteiger partial charge is 0.254 e. The minimum atomic E-state index is -0.354. The molecule has 3 rings (SSSR count). The van der Waals surface area contributed by atoms with Gasteiger partial charge in [0.25, 0.3) is 5.91 Å². The predicted molar refractivity (Wildman–Crippen MR) is 91.2 cm³/mol. The molecule has 1 amide bonds. The van der Waals surface area contributed by atoms with E-state index < -0.39 is 0 Å². The number of nitrogen functional groups attached to an aromatic ring is 1. The van der Waals surface area contributed by atoms with Gasteiger partial charge >= 0.3 is 0 Å². The zero-order valence-corrected chi connectivity index (χ0v) is 13.7. The molecule has 2 N–H and O–H groups in total. The van der Waals surface area contributed by atoms with Crippen molar-refractivity contribution in [1.29, 1.82) is 0 Å². The van der Waals surface area contributed by atoms with E-state index in [0.29, 0.717) is 35.7 Å². The van der Waals surface area contributed by atoms with Crippen molar-refractivity contribution in [2.45, 2.75) is 25.8 Å². The Hall–Kier alpha value is -2.07. The molecule has 0 spiro atoms. The fourth-order valence-electron chi connectivity index (χ4n) is 3.27. The molecule has 120 valence electrons. The van der Waals surface area contributed by atoms with Gasteiger partial charge < -0.3 is 10.6 Å². The number of ketones is 1. The molecule has 1 aliphatic carbocycles. The minimum absolute atomic E-state index is 0.0664. The topological polar surface area (TPSA) is 63.4 Å². The molecule has 2 unspecified atom stereocenters. The van der Waals surface area contributed by atoms with Crippen molar-refractivity contribution in [2.75, 3.05) is 12.3 Å². The van der Waals surface area contributed by atoms with Gasteiger partial charge in [-0.2, -0.15) is 0 Å². The Labute approximate surface area is 140 Å². The van der Waals surface area contributed by atoms with Gasteiger partial charge in [-0.15, -0.1) is 0 Å². The van der Waals surface area contributed by atoms with Gasteiger partial charge in [0.05, 0.1) is 12.0 Å². The third kappa shape index (κ3) is 3.04. The van der Waals surface area contributed by atoms with Gasteiger partial charge in [-0.25, -0.2) is 0 Å². The summed E-state index contributed by atoms with van der Waals surface area (Å²) in [6.07, 6.45) is 6.53. The molecule has 1 heterocycles. The lowest BCUT2D eigenvalue weighted by Crippen LogP contribution is -2.44. The molecule has 0 bridgehead atoms. The summed E-state index contributed by atoms with van der Waals surface area (Å²) in [6.45, 7) is 2.43. The van der Waals surface area contributed by atoms with Crippen LogP contribution in [0, 0.1) is 12.8 Å². The third-order valence-electron chi connectivity index (χ3n) is 4.45. The number of hydrogen-bond donors (Lipinski definition) is 1. The summed E-state index contributed by atoms with van der Waals surface area (Å²) >= 11 is 6.05. The van der Waals surface area contributed by atoms with Crippen LogP contribution in [0.3, 0.4) is 0 Å². The number of aryl methyl sites for hydroxylation is 1. The fourth-order valence-corrected chi connectivity index (χ4v) is 3.48. The number of benzene rings is 1. The molecular weight excluding hydrogens is 312 g/mol. The normalized spacial score (nSPS) is 24.0. The number of Topliss-reactive ketones (excluding diaryl/α,β-unsaturated/α-hetero) is 1. The van der Waals surface area contributed by atoms with Crippen LogP contribution in [-0.4, -0.2) is 29.2 Å². The molecule has 1 saturated heterocycles. The second kappa shape index (κ2) is 6.20. The van der Waals surface area contributed by atoms with E-state index in [-0.39, 0.29) is 23.7 Å². The number of allylic oxidation sites excluding steroid dienone is 2. The quantitative estimate of drug-likeness (QED) is 0.805. The van der Waals surface area contributed by atoms with E-state index in [4.69, 9.17) is 17.3 Å². The SMILES string of the molecule is Cc1cc(N)ccc1C(=O)N1CCCC(=O)C2C=C(Cl)C=CC21. The number of anilines is 1. The summed E-state index contributed by atoms with van der Waals surface area (Å²) in [4.78, 5) is 27.1. The average Bonchev–Trinajstić information content (AvgIpc) is 2.66. The number of nitrogens with two attached hydrogens (primary N) is 1. The third-order valence-corrected chi connectivity index (χ3v) is 4.71. The highest BCUT2D eigenvalue weighted by atomic mass is 35.5. The molecule has 23 heavy (non-hydrogen) atoms. The number of fused-ring (bicyclic) bond motifs is 1. The molecule has 4 nitrogen and oxygen atoms in total. The Morgan fingerprint density at radius 1 is 1.39 bits per heavy atom. The second-order valence-corrected chi connectivity index (χ2v) is 6.51. The number of rotatable bonds is 1. The Morgan fingerprint density at radius 2 is 2.17 bits per heavy atom. The lowest BCUT2D eigenvalue weighted by molar-refractivity contribution is -0.121. The molecule has 1 fully saturated rings. The number of carbonyl (C=O) groups is 2. The molecule has 1 aromatic rings.